The highest BCUT2D eigenvalue weighted by Crippen LogP contribution is 2.34. The van der Waals surface area contributed by atoms with Crippen LogP contribution in [0.2, 0.25) is 0 Å². The van der Waals surface area contributed by atoms with Gasteiger partial charge in [0.15, 0.2) is 0 Å². The number of pyridine rings is 1. The second kappa shape index (κ2) is 6.68. The number of nitrogens with one attached hydrogen (secondary N) is 1. The van der Waals surface area contributed by atoms with Crippen molar-refractivity contribution < 1.29 is 5.11 Å². The van der Waals surface area contributed by atoms with Gasteiger partial charge in [0.2, 0.25) is 0 Å². The molecule has 1 aromatic rings. The van der Waals surface area contributed by atoms with E-state index in [0.29, 0.717) is 12.0 Å². The van der Waals surface area contributed by atoms with Gasteiger partial charge in [0.25, 0.3) is 0 Å². The van der Waals surface area contributed by atoms with Crippen molar-refractivity contribution in [3.63, 3.8) is 0 Å². The molecule has 2 aliphatic carbocycles. The summed E-state index contributed by atoms with van der Waals surface area (Å²) in [6.45, 7) is 0.749. The Kier molecular flexibility index (Phi) is 4.69. The monoisotopic (exact) mass is 274 g/mol. The highest BCUT2D eigenvalue weighted by molar-refractivity contribution is 5.07. The minimum Gasteiger partial charge on any atom is -0.392 e. The van der Waals surface area contributed by atoms with Crippen LogP contribution in [-0.4, -0.2) is 28.8 Å². The van der Waals surface area contributed by atoms with Gasteiger partial charge in [0.1, 0.15) is 0 Å². The van der Waals surface area contributed by atoms with Crippen molar-refractivity contribution >= 4 is 0 Å². The summed E-state index contributed by atoms with van der Waals surface area (Å²) < 4.78 is 0. The third kappa shape index (κ3) is 3.80. The molecule has 0 bridgehead atoms. The Hall–Kier alpha value is -0.930. The maximum Gasteiger partial charge on any atom is 0.0692 e. The van der Waals surface area contributed by atoms with Crippen LogP contribution >= 0.6 is 0 Å². The summed E-state index contributed by atoms with van der Waals surface area (Å²) >= 11 is 0. The minimum absolute atomic E-state index is 0.164. The molecule has 2 N–H and O–H groups in total. The second-order valence-corrected chi connectivity index (χ2v) is 6.49. The third-order valence-corrected chi connectivity index (χ3v) is 4.88. The highest BCUT2D eigenvalue weighted by Gasteiger charge is 2.32. The number of hydrogen-bond acceptors (Lipinski definition) is 3. The van der Waals surface area contributed by atoms with E-state index in [9.17, 15) is 5.11 Å². The molecule has 3 rings (SSSR count). The summed E-state index contributed by atoms with van der Waals surface area (Å²) in [5, 5.41) is 13.9. The molecule has 2 fully saturated rings. The Morgan fingerprint density at radius 3 is 2.60 bits per heavy atom. The molecule has 0 radical (unpaired) electrons. The molecule has 3 nitrogen and oxygen atoms in total. The first-order valence-electron chi connectivity index (χ1n) is 8.14. The van der Waals surface area contributed by atoms with Crippen LogP contribution in [-0.2, 0) is 6.42 Å². The lowest BCUT2D eigenvalue weighted by Gasteiger charge is -2.23. The zero-order chi connectivity index (χ0) is 13.8. The van der Waals surface area contributed by atoms with Crippen LogP contribution in [0.25, 0.3) is 0 Å². The second-order valence-electron chi connectivity index (χ2n) is 6.49. The topological polar surface area (TPSA) is 45.1 Å². The average molecular weight is 274 g/mol. The fourth-order valence-electron chi connectivity index (χ4n) is 3.43. The molecule has 0 aromatic carbocycles. The first kappa shape index (κ1) is 14.0. The predicted molar refractivity (Wildman–Crippen MR) is 80.4 cm³/mol. The van der Waals surface area contributed by atoms with Crippen molar-refractivity contribution in [3.8, 4) is 0 Å². The van der Waals surface area contributed by atoms with Crippen molar-refractivity contribution in [1.82, 2.24) is 10.3 Å². The Bertz CT molecular complexity index is 399. The molecule has 3 heteroatoms. The van der Waals surface area contributed by atoms with Crippen molar-refractivity contribution in [2.75, 3.05) is 6.54 Å². The van der Waals surface area contributed by atoms with Gasteiger partial charge >= 0.3 is 0 Å². The summed E-state index contributed by atoms with van der Waals surface area (Å²) in [7, 11) is 0. The van der Waals surface area contributed by atoms with Gasteiger partial charge in [-0.05, 0) is 49.7 Å². The van der Waals surface area contributed by atoms with Gasteiger partial charge in [0, 0.05) is 30.9 Å². The van der Waals surface area contributed by atoms with Crippen LogP contribution in [0.4, 0.5) is 0 Å². The van der Waals surface area contributed by atoms with Gasteiger partial charge < -0.3 is 10.4 Å². The summed E-state index contributed by atoms with van der Waals surface area (Å²) in [6, 6.07) is 6.61. The standard InChI is InChI=1S/C17H26N2O/c20-17(14-5-1-2-6-14)12-19-16(13-8-9-13)11-15-7-3-4-10-18-15/h3-4,7,10,13-14,16-17,19-20H,1-2,5-6,8-9,11-12H2. The lowest BCUT2D eigenvalue weighted by atomic mass is 9.99. The fraction of sp³-hybridized carbons (Fsp3) is 0.706. The summed E-state index contributed by atoms with van der Waals surface area (Å²) in [5.74, 6) is 1.31. The zero-order valence-electron chi connectivity index (χ0n) is 12.2. The summed E-state index contributed by atoms with van der Waals surface area (Å²) in [4.78, 5) is 4.43. The normalized spacial score (nSPS) is 22.9. The summed E-state index contributed by atoms with van der Waals surface area (Å²) in [6.07, 6.45) is 10.3. The van der Waals surface area contributed by atoms with E-state index in [1.165, 1.54) is 38.5 Å². The zero-order valence-corrected chi connectivity index (χ0v) is 12.2. The first-order valence-corrected chi connectivity index (χ1v) is 8.14. The first-order chi connectivity index (χ1) is 9.83. The molecule has 110 valence electrons. The molecule has 0 aliphatic heterocycles. The lowest BCUT2D eigenvalue weighted by molar-refractivity contribution is 0.105. The van der Waals surface area contributed by atoms with Gasteiger partial charge in [-0.3, -0.25) is 4.98 Å². The van der Waals surface area contributed by atoms with E-state index in [4.69, 9.17) is 0 Å². The van der Waals surface area contributed by atoms with Crippen LogP contribution in [0.1, 0.15) is 44.2 Å². The molecule has 2 aliphatic rings. The number of hydrogen-bond donors (Lipinski definition) is 2. The molecular weight excluding hydrogens is 248 g/mol. The SMILES string of the molecule is OC(CNC(Cc1ccccn1)C1CC1)C1CCCC1. The van der Waals surface area contributed by atoms with Crippen molar-refractivity contribution in [2.24, 2.45) is 11.8 Å². The number of aromatic nitrogens is 1. The van der Waals surface area contributed by atoms with E-state index < -0.39 is 0 Å². The lowest BCUT2D eigenvalue weighted by Crippen LogP contribution is -2.40. The Morgan fingerprint density at radius 1 is 1.15 bits per heavy atom. The number of aliphatic hydroxyl groups excluding tert-OH is 1. The molecule has 2 atom stereocenters. The van der Waals surface area contributed by atoms with Gasteiger partial charge in [-0.25, -0.2) is 0 Å². The molecule has 1 heterocycles. The number of nitrogens with zero attached hydrogens (tertiary/aromatic N) is 1. The van der Waals surface area contributed by atoms with Gasteiger partial charge in [-0.2, -0.15) is 0 Å². The Labute approximate surface area is 121 Å². The van der Waals surface area contributed by atoms with Gasteiger partial charge in [0.05, 0.1) is 6.10 Å². The Balaban J connectivity index is 1.50. The van der Waals surface area contributed by atoms with E-state index in [1.807, 2.05) is 12.3 Å². The molecule has 2 unspecified atom stereocenters. The van der Waals surface area contributed by atoms with E-state index in [-0.39, 0.29) is 6.10 Å². The molecule has 0 saturated heterocycles. The van der Waals surface area contributed by atoms with E-state index >= 15 is 0 Å². The van der Waals surface area contributed by atoms with Crippen LogP contribution in [0.3, 0.4) is 0 Å². The van der Waals surface area contributed by atoms with Gasteiger partial charge in [-0.1, -0.05) is 18.9 Å². The third-order valence-electron chi connectivity index (χ3n) is 4.88. The smallest absolute Gasteiger partial charge is 0.0692 e. The van der Waals surface area contributed by atoms with Crippen molar-refractivity contribution in [1.29, 1.82) is 0 Å². The predicted octanol–water partition coefficient (Wildman–Crippen LogP) is 2.54. The molecule has 2 saturated carbocycles. The van der Waals surface area contributed by atoms with Crippen LogP contribution < -0.4 is 5.32 Å². The average Bonchev–Trinajstić information content (AvgIpc) is 3.18. The quantitative estimate of drug-likeness (QED) is 0.803. The molecule has 1 aromatic heterocycles. The highest BCUT2D eigenvalue weighted by atomic mass is 16.3. The van der Waals surface area contributed by atoms with Crippen LogP contribution in [0.5, 0.6) is 0 Å². The number of aliphatic hydroxyl groups is 1. The van der Waals surface area contributed by atoms with Crippen LogP contribution in [0, 0.1) is 11.8 Å². The molecule has 20 heavy (non-hydrogen) atoms. The largest absolute Gasteiger partial charge is 0.392 e. The van der Waals surface area contributed by atoms with E-state index in [2.05, 4.69) is 22.4 Å². The molecule has 0 spiro atoms. The van der Waals surface area contributed by atoms with Crippen LogP contribution in [0.15, 0.2) is 24.4 Å². The minimum atomic E-state index is -0.164. The molecular formula is C17H26N2O. The van der Waals surface area contributed by atoms with E-state index in [1.54, 1.807) is 0 Å². The molecule has 0 amide bonds. The summed E-state index contributed by atoms with van der Waals surface area (Å²) in [5.41, 5.74) is 1.16. The Morgan fingerprint density at radius 2 is 1.95 bits per heavy atom. The maximum atomic E-state index is 10.3. The van der Waals surface area contributed by atoms with Crippen molar-refractivity contribution in [3.05, 3.63) is 30.1 Å². The van der Waals surface area contributed by atoms with Crippen molar-refractivity contribution in [2.45, 2.75) is 57.1 Å². The number of rotatable bonds is 7. The fourth-order valence-corrected chi connectivity index (χ4v) is 3.43. The maximum absolute atomic E-state index is 10.3. The van der Waals surface area contributed by atoms with Gasteiger partial charge in [-0.15, -0.1) is 0 Å². The van der Waals surface area contributed by atoms with E-state index in [0.717, 1.165) is 24.6 Å².